The molecular weight excluding hydrogens is 324 g/mol. The molecule has 0 bridgehead atoms. The lowest BCUT2D eigenvalue weighted by atomic mass is 10.2. The van der Waals surface area contributed by atoms with E-state index in [1.807, 2.05) is 13.0 Å². The van der Waals surface area contributed by atoms with Crippen LogP contribution in [0.2, 0.25) is 5.02 Å². The minimum absolute atomic E-state index is 0.0989. The first-order chi connectivity index (χ1) is 10.9. The van der Waals surface area contributed by atoms with Gasteiger partial charge in [0.1, 0.15) is 18.5 Å². The number of halogens is 1. The van der Waals surface area contributed by atoms with Gasteiger partial charge in [0.2, 0.25) is 0 Å². The Morgan fingerprint density at radius 2 is 2.13 bits per heavy atom. The average molecular weight is 339 g/mol. The van der Waals surface area contributed by atoms with E-state index in [-0.39, 0.29) is 18.8 Å². The predicted molar refractivity (Wildman–Crippen MR) is 85.0 cm³/mol. The monoisotopic (exact) mass is 338 g/mol. The lowest BCUT2D eigenvalue weighted by molar-refractivity contribution is -0.385. The van der Waals surface area contributed by atoms with E-state index >= 15 is 0 Å². The molecule has 1 aromatic carbocycles. The van der Waals surface area contributed by atoms with E-state index in [2.05, 4.69) is 0 Å². The van der Waals surface area contributed by atoms with Crippen molar-refractivity contribution in [3.8, 4) is 5.75 Å². The van der Waals surface area contributed by atoms with E-state index in [0.717, 1.165) is 28.5 Å². The molecule has 0 radical (unpaired) electrons. The SMILES string of the molecule is Cc1ccc(Cl)c(OCC(O)Cn2cc([N+](=O)[O-])ccc2=O)c1. The molecule has 1 heterocycles. The fourth-order valence-electron chi connectivity index (χ4n) is 1.96. The van der Waals surface area contributed by atoms with Gasteiger partial charge in [0, 0.05) is 12.1 Å². The second-order valence-electron chi connectivity index (χ2n) is 5.03. The van der Waals surface area contributed by atoms with Gasteiger partial charge in [0.05, 0.1) is 22.7 Å². The van der Waals surface area contributed by atoms with Crippen molar-refractivity contribution in [2.45, 2.75) is 19.6 Å². The molecule has 8 heteroatoms. The van der Waals surface area contributed by atoms with E-state index < -0.39 is 16.6 Å². The van der Waals surface area contributed by atoms with Gasteiger partial charge in [-0.1, -0.05) is 17.7 Å². The summed E-state index contributed by atoms with van der Waals surface area (Å²) in [5, 5.41) is 21.1. The Morgan fingerprint density at radius 1 is 1.39 bits per heavy atom. The molecule has 1 N–H and O–H groups in total. The zero-order valence-corrected chi connectivity index (χ0v) is 13.1. The predicted octanol–water partition coefficient (Wildman–Crippen LogP) is 2.16. The summed E-state index contributed by atoms with van der Waals surface area (Å²) in [6.45, 7) is 1.66. The third-order valence-corrected chi connectivity index (χ3v) is 3.42. The van der Waals surface area contributed by atoms with Crippen molar-refractivity contribution >= 4 is 17.3 Å². The molecule has 1 aromatic heterocycles. The number of aliphatic hydroxyl groups excluding tert-OH is 1. The number of hydrogen-bond acceptors (Lipinski definition) is 5. The number of nitro groups is 1. The molecule has 2 aromatic rings. The zero-order valence-electron chi connectivity index (χ0n) is 12.3. The highest BCUT2D eigenvalue weighted by atomic mass is 35.5. The van der Waals surface area contributed by atoms with Gasteiger partial charge in [-0.15, -0.1) is 0 Å². The zero-order chi connectivity index (χ0) is 17.0. The summed E-state index contributed by atoms with van der Waals surface area (Å²) < 4.78 is 6.51. The standard InChI is InChI=1S/C15H15ClN2O5/c1-10-2-4-13(16)14(6-10)23-9-12(19)8-17-7-11(18(21)22)3-5-15(17)20/h2-7,12,19H,8-9H2,1H3. The largest absolute Gasteiger partial charge is 0.489 e. The summed E-state index contributed by atoms with van der Waals surface area (Å²) in [6, 6.07) is 7.45. The minimum Gasteiger partial charge on any atom is -0.489 e. The Morgan fingerprint density at radius 3 is 2.83 bits per heavy atom. The first-order valence-electron chi connectivity index (χ1n) is 6.78. The molecule has 0 saturated heterocycles. The van der Waals surface area contributed by atoms with E-state index in [9.17, 15) is 20.0 Å². The number of aryl methyl sites for hydroxylation is 1. The molecular formula is C15H15ClN2O5. The van der Waals surface area contributed by atoms with Crippen molar-refractivity contribution in [2.24, 2.45) is 0 Å². The molecule has 1 atom stereocenters. The van der Waals surface area contributed by atoms with Crippen LogP contribution in [-0.4, -0.2) is 27.3 Å². The van der Waals surface area contributed by atoms with Crippen LogP contribution in [0.5, 0.6) is 5.75 Å². The lowest BCUT2D eigenvalue weighted by Gasteiger charge is -2.14. The minimum atomic E-state index is -1.02. The number of ether oxygens (including phenoxy) is 1. The third-order valence-electron chi connectivity index (χ3n) is 3.10. The molecule has 0 fully saturated rings. The second-order valence-corrected chi connectivity index (χ2v) is 5.44. The molecule has 23 heavy (non-hydrogen) atoms. The van der Waals surface area contributed by atoms with Crippen LogP contribution < -0.4 is 10.3 Å². The first kappa shape index (κ1) is 17.0. The fourth-order valence-corrected chi connectivity index (χ4v) is 2.13. The Kier molecular flexibility index (Phi) is 5.36. The van der Waals surface area contributed by atoms with Crippen molar-refractivity contribution in [3.05, 3.63) is 67.6 Å². The van der Waals surface area contributed by atoms with Crippen molar-refractivity contribution in [1.82, 2.24) is 4.57 Å². The number of rotatable bonds is 6. The number of benzene rings is 1. The molecule has 1 unspecified atom stereocenters. The molecule has 7 nitrogen and oxygen atoms in total. The van der Waals surface area contributed by atoms with Crippen molar-refractivity contribution in [2.75, 3.05) is 6.61 Å². The maximum atomic E-state index is 11.7. The molecule has 0 aliphatic carbocycles. The van der Waals surface area contributed by atoms with Gasteiger partial charge in [-0.05, 0) is 24.6 Å². The van der Waals surface area contributed by atoms with E-state index in [4.69, 9.17) is 16.3 Å². The van der Waals surface area contributed by atoms with E-state index in [1.54, 1.807) is 12.1 Å². The summed E-state index contributed by atoms with van der Waals surface area (Å²) in [7, 11) is 0. The highest BCUT2D eigenvalue weighted by Gasteiger charge is 2.13. The fraction of sp³-hybridized carbons (Fsp3) is 0.267. The average Bonchev–Trinajstić information content (AvgIpc) is 2.50. The van der Waals surface area contributed by atoms with Crippen LogP contribution >= 0.6 is 11.6 Å². The molecule has 2 rings (SSSR count). The molecule has 0 saturated carbocycles. The summed E-state index contributed by atoms with van der Waals surface area (Å²) in [4.78, 5) is 21.8. The van der Waals surface area contributed by atoms with Gasteiger partial charge in [-0.3, -0.25) is 14.9 Å². The van der Waals surface area contributed by atoms with Gasteiger partial charge in [0.15, 0.2) is 0 Å². The summed E-state index contributed by atoms with van der Waals surface area (Å²) in [6.07, 6.45) is 0.0665. The normalized spacial score (nSPS) is 12.0. The highest BCUT2D eigenvalue weighted by molar-refractivity contribution is 6.32. The number of aromatic nitrogens is 1. The quantitative estimate of drug-likeness (QED) is 0.643. The van der Waals surface area contributed by atoms with Crippen molar-refractivity contribution in [1.29, 1.82) is 0 Å². The van der Waals surface area contributed by atoms with Gasteiger partial charge in [-0.2, -0.15) is 0 Å². The van der Waals surface area contributed by atoms with Crippen LogP contribution in [0.3, 0.4) is 0 Å². The third kappa shape index (κ3) is 4.54. The van der Waals surface area contributed by atoms with Gasteiger partial charge >= 0.3 is 0 Å². The highest BCUT2D eigenvalue weighted by Crippen LogP contribution is 2.25. The number of hydrogen-bond donors (Lipinski definition) is 1. The van der Waals surface area contributed by atoms with E-state index in [0.29, 0.717) is 10.8 Å². The van der Waals surface area contributed by atoms with Crippen LogP contribution in [0.15, 0.2) is 41.3 Å². The lowest BCUT2D eigenvalue weighted by Crippen LogP contribution is -2.29. The molecule has 0 spiro atoms. The van der Waals surface area contributed by atoms with Crippen LogP contribution in [0, 0.1) is 17.0 Å². The number of aliphatic hydroxyl groups is 1. The Bertz CT molecular complexity index is 775. The van der Waals surface area contributed by atoms with Crippen LogP contribution in [-0.2, 0) is 6.54 Å². The topological polar surface area (TPSA) is 94.6 Å². The number of pyridine rings is 1. The van der Waals surface area contributed by atoms with Crippen molar-refractivity contribution in [3.63, 3.8) is 0 Å². The Labute approximate surface area is 136 Å². The van der Waals surface area contributed by atoms with Crippen LogP contribution in [0.1, 0.15) is 5.56 Å². The molecule has 0 aliphatic heterocycles. The molecule has 0 amide bonds. The smallest absolute Gasteiger partial charge is 0.285 e. The maximum Gasteiger partial charge on any atom is 0.285 e. The van der Waals surface area contributed by atoms with Gasteiger partial charge in [0.25, 0.3) is 11.2 Å². The van der Waals surface area contributed by atoms with Crippen LogP contribution in [0.4, 0.5) is 5.69 Å². The van der Waals surface area contributed by atoms with E-state index in [1.165, 1.54) is 0 Å². The first-order valence-corrected chi connectivity index (χ1v) is 7.16. The Hall–Kier alpha value is -2.38. The van der Waals surface area contributed by atoms with Gasteiger partial charge in [-0.25, -0.2) is 0 Å². The summed E-state index contributed by atoms with van der Waals surface area (Å²) in [5.41, 5.74) is 0.288. The summed E-state index contributed by atoms with van der Waals surface area (Å²) >= 11 is 5.98. The maximum absolute atomic E-state index is 11.7. The second kappa shape index (κ2) is 7.26. The summed E-state index contributed by atoms with van der Waals surface area (Å²) in [5.74, 6) is 0.428. The molecule has 122 valence electrons. The molecule has 0 aliphatic rings. The Balaban J connectivity index is 2.04. The van der Waals surface area contributed by atoms with Crippen molar-refractivity contribution < 1.29 is 14.8 Å². The van der Waals surface area contributed by atoms with Gasteiger partial charge < -0.3 is 14.4 Å². The van der Waals surface area contributed by atoms with Crippen LogP contribution in [0.25, 0.3) is 0 Å². The number of nitrogens with zero attached hydrogens (tertiary/aromatic N) is 2.